The van der Waals surface area contributed by atoms with Gasteiger partial charge in [0.15, 0.2) is 24.0 Å². The van der Waals surface area contributed by atoms with E-state index in [1.807, 2.05) is 0 Å². The first kappa shape index (κ1) is 22.6. The third-order valence-corrected chi connectivity index (χ3v) is 6.11. The van der Waals surface area contributed by atoms with Gasteiger partial charge in [0, 0.05) is 6.16 Å². The lowest BCUT2D eigenvalue weighted by molar-refractivity contribution is -0.140. The van der Waals surface area contributed by atoms with Crippen LogP contribution in [0.25, 0.3) is 0 Å². The van der Waals surface area contributed by atoms with Gasteiger partial charge in [0.2, 0.25) is 7.37 Å². The molecule has 26 heavy (non-hydrogen) atoms. The average Bonchev–Trinajstić information content (AvgIpc) is 2.56. The van der Waals surface area contributed by atoms with Crippen molar-refractivity contribution in [1.29, 1.82) is 0 Å². The summed E-state index contributed by atoms with van der Waals surface area (Å²) in [5.74, 6) is -4.10. The molecule has 0 spiro atoms. The van der Waals surface area contributed by atoms with E-state index in [9.17, 15) is 24.2 Å². The number of rotatable bonds is 10. The topological polar surface area (TPSA) is 177 Å². The van der Waals surface area contributed by atoms with Crippen LogP contribution in [-0.4, -0.2) is 58.1 Å². The van der Waals surface area contributed by atoms with E-state index in [2.05, 4.69) is 0 Å². The summed E-state index contributed by atoms with van der Waals surface area (Å²) in [7, 11) is -2.89. The second kappa shape index (κ2) is 9.51. The standard InChI is InChI=1S/C14H19INO9P/c1-24-10-5-7(4-8(15)12(10)25-6-11(17)18)14(21)26(22,23)3-2-9(16)13(19)20/h4-5,9,14,21H,2-3,6,16H2,1H3,(H,17,18)(H,19,20)(H,22,23)/t9-,14?/m0/s1. The van der Waals surface area contributed by atoms with Gasteiger partial charge in [0.1, 0.15) is 6.04 Å². The highest BCUT2D eigenvalue weighted by Gasteiger charge is 2.33. The first-order valence-corrected chi connectivity index (χ1v) is 10.2. The summed E-state index contributed by atoms with van der Waals surface area (Å²) in [6, 6.07) is 1.29. The molecule has 0 aliphatic rings. The maximum atomic E-state index is 12.4. The Balaban J connectivity index is 3.06. The van der Waals surface area contributed by atoms with Crippen molar-refractivity contribution in [2.45, 2.75) is 18.3 Å². The lowest BCUT2D eigenvalue weighted by atomic mass is 10.2. The molecular formula is C14H19INO9P. The van der Waals surface area contributed by atoms with E-state index in [4.69, 9.17) is 25.4 Å². The van der Waals surface area contributed by atoms with Crippen LogP contribution >= 0.6 is 30.0 Å². The fourth-order valence-corrected chi connectivity index (χ4v) is 4.25. The summed E-state index contributed by atoms with van der Waals surface area (Å²) in [4.78, 5) is 31.4. The number of aliphatic hydroxyl groups is 1. The summed E-state index contributed by atoms with van der Waals surface area (Å²) in [6.07, 6.45) is -0.772. The second-order valence-electron chi connectivity index (χ2n) is 5.30. The smallest absolute Gasteiger partial charge is 0.341 e. The van der Waals surface area contributed by atoms with Gasteiger partial charge in [-0.2, -0.15) is 0 Å². The maximum Gasteiger partial charge on any atom is 0.341 e. The van der Waals surface area contributed by atoms with Crippen molar-refractivity contribution in [1.82, 2.24) is 0 Å². The molecule has 0 radical (unpaired) electrons. The van der Waals surface area contributed by atoms with Gasteiger partial charge < -0.3 is 35.4 Å². The number of carboxylic acids is 2. The van der Waals surface area contributed by atoms with E-state index in [-0.39, 0.29) is 23.5 Å². The van der Waals surface area contributed by atoms with Crippen LogP contribution in [0.1, 0.15) is 17.8 Å². The zero-order chi connectivity index (χ0) is 20.1. The first-order chi connectivity index (χ1) is 12.0. The normalized spacial score (nSPS) is 15.6. The zero-order valence-corrected chi connectivity index (χ0v) is 16.7. The van der Waals surface area contributed by atoms with Gasteiger partial charge in [0.05, 0.1) is 10.7 Å². The highest BCUT2D eigenvalue weighted by Crippen LogP contribution is 2.55. The van der Waals surface area contributed by atoms with Crippen LogP contribution in [-0.2, 0) is 14.2 Å². The molecular weight excluding hydrogens is 484 g/mol. The molecule has 10 nitrogen and oxygen atoms in total. The van der Waals surface area contributed by atoms with E-state index >= 15 is 0 Å². The summed E-state index contributed by atoms with van der Waals surface area (Å²) >= 11 is 1.81. The quantitative estimate of drug-likeness (QED) is 0.227. The molecule has 0 amide bonds. The van der Waals surface area contributed by atoms with E-state index in [0.717, 1.165) is 0 Å². The van der Waals surface area contributed by atoms with Gasteiger partial charge >= 0.3 is 11.9 Å². The maximum absolute atomic E-state index is 12.4. The van der Waals surface area contributed by atoms with Gasteiger partial charge in [0.25, 0.3) is 0 Å². The Morgan fingerprint density at radius 2 is 1.96 bits per heavy atom. The number of carboxylic acid groups (broad SMARTS) is 2. The minimum Gasteiger partial charge on any atom is -0.493 e. The highest BCUT2D eigenvalue weighted by molar-refractivity contribution is 14.1. The summed E-state index contributed by atoms with van der Waals surface area (Å²) in [5, 5.41) is 27.7. The Kier molecular flexibility index (Phi) is 8.28. The van der Waals surface area contributed by atoms with E-state index in [1.165, 1.54) is 19.2 Å². The molecule has 0 bridgehead atoms. The number of hydrogen-bond acceptors (Lipinski definition) is 7. The number of halogens is 1. The fourth-order valence-electron chi connectivity index (χ4n) is 1.97. The van der Waals surface area contributed by atoms with Gasteiger partial charge in [-0.25, -0.2) is 4.79 Å². The molecule has 1 aromatic carbocycles. The second-order valence-corrected chi connectivity index (χ2v) is 8.91. The molecule has 3 atom stereocenters. The molecule has 0 heterocycles. The third kappa shape index (κ3) is 6.09. The number of aliphatic carboxylic acids is 2. The van der Waals surface area contributed by atoms with Crippen molar-refractivity contribution in [3.8, 4) is 11.5 Å². The Morgan fingerprint density at radius 3 is 2.46 bits per heavy atom. The van der Waals surface area contributed by atoms with Crippen molar-refractivity contribution in [3.05, 3.63) is 21.3 Å². The predicted octanol–water partition coefficient (Wildman–Crippen LogP) is 0.826. The van der Waals surface area contributed by atoms with Crippen LogP contribution in [0.3, 0.4) is 0 Å². The Bertz CT molecular complexity index is 727. The van der Waals surface area contributed by atoms with Crippen LogP contribution in [0.4, 0.5) is 0 Å². The van der Waals surface area contributed by atoms with Crippen molar-refractivity contribution in [3.63, 3.8) is 0 Å². The number of methoxy groups -OCH3 is 1. The van der Waals surface area contributed by atoms with E-state index in [0.29, 0.717) is 3.57 Å². The first-order valence-electron chi connectivity index (χ1n) is 7.19. The van der Waals surface area contributed by atoms with Crippen molar-refractivity contribution in [2.75, 3.05) is 19.9 Å². The largest absolute Gasteiger partial charge is 0.493 e. The molecule has 1 aromatic rings. The third-order valence-electron chi connectivity index (χ3n) is 3.35. The minimum atomic E-state index is -4.18. The van der Waals surface area contributed by atoms with Gasteiger partial charge in [-0.3, -0.25) is 9.36 Å². The number of aliphatic hydroxyl groups excluding tert-OH is 1. The van der Waals surface area contributed by atoms with E-state index in [1.54, 1.807) is 22.6 Å². The lowest BCUT2D eigenvalue weighted by Crippen LogP contribution is -2.31. The summed E-state index contributed by atoms with van der Waals surface area (Å²) in [6.45, 7) is -0.611. The van der Waals surface area contributed by atoms with Gasteiger partial charge in [-0.05, 0) is 46.7 Å². The molecule has 6 N–H and O–H groups in total. The molecule has 0 aliphatic carbocycles. The molecule has 12 heteroatoms. The summed E-state index contributed by atoms with van der Waals surface area (Å²) in [5.41, 5.74) is 5.36. The number of hydrogen-bond donors (Lipinski definition) is 5. The number of ether oxygens (including phenoxy) is 2. The molecule has 0 aromatic heterocycles. The van der Waals surface area contributed by atoms with Crippen LogP contribution < -0.4 is 15.2 Å². The Hall–Kier alpha value is -1.40. The Labute approximate surface area is 162 Å². The van der Waals surface area contributed by atoms with Crippen molar-refractivity contribution < 1.29 is 43.8 Å². The van der Waals surface area contributed by atoms with Gasteiger partial charge in [-0.1, -0.05) is 0 Å². The number of carbonyl (C=O) groups is 2. The summed E-state index contributed by atoms with van der Waals surface area (Å²) < 4.78 is 22.9. The minimum absolute atomic E-state index is 0.0451. The predicted molar refractivity (Wildman–Crippen MR) is 98.7 cm³/mol. The van der Waals surface area contributed by atoms with Crippen LogP contribution in [0, 0.1) is 3.57 Å². The van der Waals surface area contributed by atoms with Crippen molar-refractivity contribution in [2.24, 2.45) is 5.73 Å². The van der Waals surface area contributed by atoms with Crippen LogP contribution in [0.15, 0.2) is 12.1 Å². The number of nitrogens with two attached hydrogens (primary N) is 1. The van der Waals surface area contributed by atoms with E-state index < -0.39 is 44.0 Å². The highest BCUT2D eigenvalue weighted by atomic mass is 127. The van der Waals surface area contributed by atoms with Crippen LogP contribution in [0.5, 0.6) is 11.5 Å². The SMILES string of the molecule is COc1cc(C(O)P(=O)(O)CC[C@H](N)C(=O)O)cc(I)c1OCC(=O)O. The molecule has 0 saturated carbocycles. The fraction of sp³-hybridized carbons (Fsp3) is 0.429. The molecule has 1 rings (SSSR count). The molecule has 0 aliphatic heterocycles. The number of benzene rings is 1. The lowest BCUT2D eigenvalue weighted by Gasteiger charge is -2.21. The van der Waals surface area contributed by atoms with Crippen LogP contribution in [0.2, 0.25) is 0 Å². The average molecular weight is 503 g/mol. The zero-order valence-electron chi connectivity index (χ0n) is 13.7. The molecule has 0 fully saturated rings. The molecule has 2 unspecified atom stereocenters. The monoisotopic (exact) mass is 503 g/mol. The Morgan fingerprint density at radius 1 is 1.35 bits per heavy atom. The van der Waals surface area contributed by atoms with Crippen molar-refractivity contribution >= 4 is 41.9 Å². The molecule has 0 saturated heterocycles. The molecule has 146 valence electrons. The van der Waals surface area contributed by atoms with Gasteiger partial charge in [-0.15, -0.1) is 0 Å².